The molecule has 2 atom stereocenters. The number of hydrogen-bond donors (Lipinski definition) is 1. The monoisotopic (exact) mass is 581 g/mol. The van der Waals surface area contributed by atoms with Gasteiger partial charge in [-0.3, -0.25) is 9.36 Å². The minimum absolute atomic E-state index is 0.0449. The van der Waals surface area contributed by atoms with Crippen LogP contribution in [0.15, 0.2) is 52.2 Å². The summed E-state index contributed by atoms with van der Waals surface area (Å²) in [7, 11) is -3.68. The van der Waals surface area contributed by atoms with Gasteiger partial charge in [0.1, 0.15) is 10.6 Å². The second-order valence-corrected chi connectivity index (χ2v) is 14.8. The van der Waals surface area contributed by atoms with Gasteiger partial charge in [0.25, 0.3) is 5.56 Å². The summed E-state index contributed by atoms with van der Waals surface area (Å²) in [5.74, 6) is 0.268. The molecule has 1 saturated heterocycles. The lowest BCUT2D eigenvalue weighted by molar-refractivity contribution is 0.0557. The molecule has 8 nitrogen and oxygen atoms in total. The van der Waals surface area contributed by atoms with Gasteiger partial charge in [-0.05, 0) is 64.3 Å². The van der Waals surface area contributed by atoms with Crippen LogP contribution in [0.3, 0.4) is 0 Å². The molecule has 1 aliphatic rings. The van der Waals surface area contributed by atoms with E-state index in [0.29, 0.717) is 37.4 Å². The summed E-state index contributed by atoms with van der Waals surface area (Å²) in [6, 6.07) is 7.07. The Morgan fingerprint density at radius 3 is 2.36 bits per heavy atom. The Balaban J connectivity index is 2.01. The lowest BCUT2D eigenvalue weighted by Crippen LogP contribution is -2.49. The molecule has 2 aromatic carbocycles. The molecule has 1 fully saturated rings. The first-order valence-electron chi connectivity index (χ1n) is 12.6. The van der Waals surface area contributed by atoms with Crippen molar-refractivity contribution in [3.05, 3.63) is 69.8 Å². The highest BCUT2D eigenvalue weighted by atomic mass is 32.2. The van der Waals surface area contributed by atoms with Crippen LogP contribution < -0.4 is 10.3 Å². The van der Waals surface area contributed by atoms with Crippen LogP contribution in [0.5, 0.6) is 0 Å². The molecule has 1 aliphatic heterocycles. The van der Waals surface area contributed by atoms with Crippen LogP contribution in [0.25, 0.3) is 10.9 Å². The second kappa shape index (κ2) is 10.9. The normalized spacial score (nSPS) is 17.3. The fourth-order valence-electron chi connectivity index (χ4n) is 4.62. The fourth-order valence-corrected chi connectivity index (χ4v) is 6.86. The molecule has 0 radical (unpaired) electrons. The lowest BCUT2D eigenvalue weighted by Gasteiger charge is -2.32. The molecular formula is C27H33F2N3O5S2. The van der Waals surface area contributed by atoms with Crippen molar-refractivity contribution in [2.75, 3.05) is 13.2 Å². The summed E-state index contributed by atoms with van der Waals surface area (Å²) in [5, 5.41) is -4.39. The number of alkyl halides is 2. The van der Waals surface area contributed by atoms with Gasteiger partial charge in [0.2, 0.25) is 9.84 Å². The van der Waals surface area contributed by atoms with Crippen molar-refractivity contribution in [2.45, 2.75) is 67.4 Å². The third kappa shape index (κ3) is 5.62. The zero-order valence-corrected chi connectivity index (χ0v) is 24.2. The van der Waals surface area contributed by atoms with E-state index < -0.39 is 47.7 Å². The van der Waals surface area contributed by atoms with E-state index in [-0.39, 0.29) is 22.4 Å². The Hall–Kier alpha value is -2.38. The van der Waals surface area contributed by atoms with Crippen LogP contribution >= 0.6 is 0 Å². The van der Waals surface area contributed by atoms with E-state index in [0.717, 1.165) is 12.1 Å². The SMILES string of the molecule is Cc1cc(C(N[S+]([O-])C(C)(C)C)C(F)(F)S(=O)(=O)c2ccccc2)c2nc(C3CCOCC3)n(C)c(=O)c2c1. The first-order valence-corrected chi connectivity index (χ1v) is 15.2. The molecule has 4 rings (SSSR count). The average molecular weight is 582 g/mol. The maximum atomic E-state index is 16.4. The molecule has 2 heterocycles. The van der Waals surface area contributed by atoms with Gasteiger partial charge in [0.05, 0.1) is 15.8 Å². The maximum Gasteiger partial charge on any atom is 0.373 e. The van der Waals surface area contributed by atoms with Gasteiger partial charge in [-0.2, -0.15) is 8.78 Å². The quantitative estimate of drug-likeness (QED) is 0.414. The molecule has 39 heavy (non-hydrogen) atoms. The van der Waals surface area contributed by atoms with Crippen molar-refractivity contribution in [1.29, 1.82) is 0 Å². The first kappa shape index (κ1) is 29.6. The van der Waals surface area contributed by atoms with Gasteiger partial charge in [-0.25, -0.2) is 13.4 Å². The van der Waals surface area contributed by atoms with E-state index >= 15 is 8.78 Å². The molecule has 1 N–H and O–H groups in total. The molecule has 3 aromatic rings. The summed E-state index contributed by atoms with van der Waals surface area (Å²) in [5.41, 5.74) is -0.234. The summed E-state index contributed by atoms with van der Waals surface area (Å²) >= 11 is -2.10. The van der Waals surface area contributed by atoms with E-state index in [1.807, 2.05) is 0 Å². The highest BCUT2D eigenvalue weighted by Crippen LogP contribution is 2.43. The summed E-state index contributed by atoms with van der Waals surface area (Å²) < 4.78 is 80.9. The maximum absolute atomic E-state index is 16.4. The largest absolute Gasteiger partial charge is 0.598 e. The Morgan fingerprint density at radius 1 is 1.15 bits per heavy atom. The molecule has 0 bridgehead atoms. The molecule has 0 saturated carbocycles. The van der Waals surface area contributed by atoms with Crippen molar-refractivity contribution >= 4 is 32.1 Å². The third-order valence-corrected chi connectivity index (χ3v) is 10.2. The number of sulfone groups is 1. The summed E-state index contributed by atoms with van der Waals surface area (Å²) in [6.45, 7) is 7.33. The molecular weight excluding hydrogens is 548 g/mol. The van der Waals surface area contributed by atoms with Gasteiger partial charge in [0.15, 0.2) is 6.04 Å². The predicted molar refractivity (Wildman–Crippen MR) is 147 cm³/mol. The Labute approximate surface area is 230 Å². The number of halogens is 2. The van der Waals surface area contributed by atoms with Crippen LogP contribution in [0.1, 0.15) is 62.5 Å². The number of hydrogen-bond acceptors (Lipinski definition) is 7. The molecule has 0 spiro atoms. The van der Waals surface area contributed by atoms with E-state index in [1.54, 1.807) is 40.8 Å². The van der Waals surface area contributed by atoms with Crippen molar-refractivity contribution in [1.82, 2.24) is 14.3 Å². The smallest absolute Gasteiger partial charge is 0.373 e. The number of fused-ring (bicyclic) bond motifs is 1. The van der Waals surface area contributed by atoms with Crippen molar-refractivity contribution in [2.24, 2.45) is 7.05 Å². The van der Waals surface area contributed by atoms with Crippen LogP contribution in [0.4, 0.5) is 8.78 Å². The first-order chi connectivity index (χ1) is 18.2. The van der Waals surface area contributed by atoms with Gasteiger partial charge in [-0.1, -0.05) is 24.3 Å². The standard InChI is InChI=1S/C27H33F2N3O5S2/c1-17-15-20(22-21(16-17)25(33)32(5)24(30-22)18-11-13-37-14-12-18)23(31-38(34)26(2,3)4)27(28,29)39(35,36)19-9-7-6-8-10-19/h6-10,15-16,18,23,31H,11-14H2,1-5H3. The number of benzene rings is 2. The molecule has 0 aliphatic carbocycles. The number of aryl methyl sites for hydroxylation is 1. The Kier molecular flexibility index (Phi) is 8.26. The highest BCUT2D eigenvalue weighted by molar-refractivity contribution is 7.93. The van der Waals surface area contributed by atoms with E-state index in [1.165, 1.54) is 28.8 Å². The van der Waals surface area contributed by atoms with E-state index in [2.05, 4.69) is 4.72 Å². The molecule has 212 valence electrons. The molecule has 2 unspecified atom stereocenters. The van der Waals surface area contributed by atoms with Gasteiger partial charge >= 0.3 is 5.25 Å². The number of nitrogens with zero attached hydrogens (tertiary/aromatic N) is 2. The minimum Gasteiger partial charge on any atom is -0.598 e. The Bertz CT molecular complexity index is 1520. The predicted octanol–water partition coefficient (Wildman–Crippen LogP) is 4.30. The van der Waals surface area contributed by atoms with Crippen LogP contribution in [0.2, 0.25) is 0 Å². The van der Waals surface area contributed by atoms with Crippen molar-refractivity contribution in [3.8, 4) is 0 Å². The average Bonchev–Trinajstić information content (AvgIpc) is 2.89. The van der Waals surface area contributed by atoms with Crippen LogP contribution in [0, 0.1) is 6.92 Å². The molecule has 12 heteroatoms. The second-order valence-electron chi connectivity index (χ2n) is 10.8. The van der Waals surface area contributed by atoms with Crippen molar-refractivity contribution in [3.63, 3.8) is 0 Å². The van der Waals surface area contributed by atoms with Gasteiger partial charge < -0.3 is 9.29 Å². The zero-order valence-electron chi connectivity index (χ0n) is 22.5. The van der Waals surface area contributed by atoms with E-state index in [9.17, 15) is 17.8 Å². The summed E-state index contributed by atoms with van der Waals surface area (Å²) in [6.07, 6.45) is 1.20. The number of aromatic nitrogens is 2. The third-order valence-electron chi connectivity index (χ3n) is 6.82. The lowest BCUT2D eigenvalue weighted by atomic mass is 9.97. The zero-order chi connectivity index (χ0) is 28.8. The molecule has 0 amide bonds. The fraction of sp³-hybridized carbons (Fsp3) is 0.481. The van der Waals surface area contributed by atoms with Crippen LogP contribution in [-0.4, -0.2) is 45.7 Å². The van der Waals surface area contributed by atoms with Gasteiger partial charge in [0, 0.05) is 43.1 Å². The number of ether oxygens (including phenoxy) is 1. The number of nitrogens with one attached hydrogen (secondary N) is 1. The minimum atomic E-state index is -5.27. The van der Waals surface area contributed by atoms with Crippen molar-refractivity contribution < 1.29 is 26.5 Å². The van der Waals surface area contributed by atoms with E-state index in [4.69, 9.17) is 9.72 Å². The Morgan fingerprint density at radius 2 is 1.77 bits per heavy atom. The number of rotatable bonds is 7. The van der Waals surface area contributed by atoms with Crippen LogP contribution in [-0.2, 0) is 33.0 Å². The van der Waals surface area contributed by atoms with Gasteiger partial charge in [-0.15, -0.1) is 4.72 Å². The highest BCUT2D eigenvalue weighted by Gasteiger charge is 2.56. The molecule has 1 aromatic heterocycles. The topological polar surface area (TPSA) is 113 Å². The summed E-state index contributed by atoms with van der Waals surface area (Å²) in [4.78, 5) is 17.6.